The molecule has 1 heterocycles. The molecule has 1 aromatic heterocycles. The zero-order valence-corrected chi connectivity index (χ0v) is 15.2. The summed E-state index contributed by atoms with van der Waals surface area (Å²) in [5, 5.41) is 2.46. The number of nitrogens with zero attached hydrogens (tertiary/aromatic N) is 1. The number of carbonyl (C=O) groups is 1. The van der Waals surface area contributed by atoms with E-state index in [9.17, 15) is 26.7 Å². The van der Waals surface area contributed by atoms with Gasteiger partial charge in [-0.3, -0.25) is 4.79 Å². The second-order valence-electron chi connectivity index (χ2n) is 7.45. The highest BCUT2D eigenvalue weighted by Crippen LogP contribution is 2.37. The van der Waals surface area contributed by atoms with Gasteiger partial charge < -0.3 is 10.3 Å². The predicted octanol–water partition coefficient (Wildman–Crippen LogP) is 4.89. The summed E-state index contributed by atoms with van der Waals surface area (Å²) in [6, 6.07) is 5.22. The van der Waals surface area contributed by atoms with Crippen molar-refractivity contribution in [1.29, 1.82) is 0 Å². The smallest absolute Gasteiger partial charge is 0.352 e. The molecule has 1 amide bonds. The van der Waals surface area contributed by atoms with Crippen LogP contribution in [0.15, 0.2) is 18.2 Å². The number of benzene rings is 1. The number of amides is 1. The van der Waals surface area contributed by atoms with Crippen LogP contribution in [0.3, 0.4) is 0 Å². The Morgan fingerprint density at radius 3 is 2.82 bits per heavy atom. The van der Waals surface area contributed by atoms with E-state index in [1.807, 2.05) is 0 Å². The maximum absolute atomic E-state index is 13.6. The molecule has 1 aromatic carbocycles. The molecule has 28 heavy (non-hydrogen) atoms. The third kappa shape index (κ3) is 5.90. The molecule has 1 aliphatic rings. The van der Waals surface area contributed by atoms with E-state index in [0.717, 1.165) is 6.42 Å². The summed E-state index contributed by atoms with van der Waals surface area (Å²) in [4.78, 5) is 19.1. The van der Waals surface area contributed by atoms with Crippen molar-refractivity contribution in [2.24, 2.45) is 5.92 Å². The minimum atomic E-state index is -4.36. The van der Waals surface area contributed by atoms with Crippen molar-refractivity contribution in [3.05, 3.63) is 29.6 Å². The van der Waals surface area contributed by atoms with E-state index in [-0.39, 0.29) is 25.3 Å². The summed E-state index contributed by atoms with van der Waals surface area (Å²) < 4.78 is 63.5. The molecule has 1 saturated carbocycles. The van der Waals surface area contributed by atoms with Gasteiger partial charge in [0, 0.05) is 32.2 Å². The van der Waals surface area contributed by atoms with Crippen molar-refractivity contribution in [1.82, 2.24) is 15.3 Å². The van der Waals surface area contributed by atoms with Crippen LogP contribution >= 0.6 is 0 Å². The van der Waals surface area contributed by atoms with E-state index in [1.54, 1.807) is 18.2 Å². The number of hydrogen-bond donors (Lipinski definition) is 2. The second kappa shape index (κ2) is 8.05. The van der Waals surface area contributed by atoms with Crippen molar-refractivity contribution < 1.29 is 26.7 Å². The maximum atomic E-state index is 13.6. The second-order valence-corrected chi connectivity index (χ2v) is 7.45. The Morgan fingerprint density at radius 2 is 2.11 bits per heavy atom. The molecule has 2 N–H and O–H groups in total. The van der Waals surface area contributed by atoms with Gasteiger partial charge in [0.2, 0.25) is 11.8 Å². The lowest BCUT2D eigenvalue weighted by atomic mass is 9.84. The number of imidazole rings is 1. The Balaban J connectivity index is 1.57. The van der Waals surface area contributed by atoms with Crippen molar-refractivity contribution in [2.75, 3.05) is 0 Å². The lowest BCUT2D eigenvalue weighted by Gasteiger charge is -2.28. The number of carbonyl (C=O) groups excluding carboxylic acids is 1. The Morgan fingerprint density at radius 1 is 1.32 bits per heavy atom. The van der Waals surface area contributed by atoms with Gasteiger partial charge >= 0.3 is 6.18 Å². The molecule has 0 radical (unpaired) electrons. The Bertz CT molecular complexity index is 831. The van der Waals surface area contributed by atoms with E-state index in [4.69, 9.17) is 0 Å². The Hall–Kier alpha value is -2.19. The first kappa shape index (κ1) is 20.5. The summed E-state index contributed by atoms with van der Waals surface area (Å²) in [5.74, 6) is -2.74. The normalized spacial score (nSPS) is 19.7. The molecule has 9 heteroatoms. The molecule has 0 bridgehead atoms. The molecule has 4 nitrogen and oxygen atoms in total. The fourth-order valence-electron chi connectivity index (χ4n) is 3.58. The molecule has 0 spiro atoms. The first-order valence-corrected chi connectivity index (χ1v) is 9.28. The molecule has 1 atom stereocenters. The summed E-state index contributed by atoms with van der Waals surface area (Å²) in [6.07, 6.45) is -4.58. The molecule has 154 valence electrons. The number of H-pyrrole nitrogens is 1. The lowest BCUT2D eigenvalue weighted by Crippen LogP contribution is -2.27. The van der Waals surface area contributed by atoms with Crippen molar-refractivity contribution in [3.63, 3.8) is 0 Å². The minimum Gasteiger partial charge on any atom is -0.352 e. The zero-order chi connectivity index (χ0) is 20.4. The first-order valence-electron chi connectivity index (χ1n) is 9.28. The first-order chi connectivity index (χ1) is 13.1. The number of aromatic nitrogens is 2. The fourth-order valence-corrected chi connectivity index (χ4v) is 3.58. The highest BCUT2D eigenvalue weighted by Gasteiger charge is 2.36. The third-order valence-corrected chi connectivity index (χ3v) is 4.94. The summed E-state index contributed by atoms with van der Waals surface area (Å²) in [6.45, 7) is 0.107. The zero-order valence-electron chi connectivity index (χ0n) is 15.2. The van der Waals surface area contributed by atoms with Crippen LogP contribution in [-0.2, 0) is 17.8 Å². The van der Waals surface area contributed by atoms with Gasteiger partial charge in [0.25, 0.3) is 0 Å². The van der Waals surface area contributed by atoms with Gasteiger partial charge in [0.15, 0.2) is 0 Å². The quantitative estimate of drug-likeness (QED) is 0.675. The van der Waals surface area contributed by atoms with Crippen LogP contribution < -0.4 is 5.32 Å². The van der Waals surface area contributed by atoms with Crippen molar-refractivity contribution >= 4 is 16.9 Å². The number of aromatic amines is 1. The molecular formula is C19H22F5N3O. The van der Waals surface area contributed by atoms with Crippen LogP contribution in [0.2, 0.25) is 0 Å². The van der Waals surface area contributed by atoms with E-state index in [1.165, 1.54) is 0 Å². The summed E-state index contributed by atoms with van der Waals surface area (Å²) in [7, 11) is 0. The molecule has 0 aliphatic heterocycles. The van der Waals surface area contributed by atoms with E-state index < -0.39 is 30.8 Å². The minimum absolute atomic E-state index is 0.0539. The predicted molar refractivity (Wildman–Crippen MR) is 93.8 cm³/mol. The largest absolute Gasteiger partial charge is 0.389 e. The van der Waals surface area contributed by atoms with Gasteiger partial charge in [-0.25, -0.2) is 13.8 Å². The van der Waals surface area contributed by atoms with E-state index in [0.29, 0.717) is 35.3 Å². The number of alkyl halides is 5. The topological polar surface area (TPSA) is 57.8 Å². The molecule has 0 saturated heterocycles. The molecule has 1 fully saturated rings. The van der Waals surface area contributed by atoms with Crippen molar-refractivity contribution in [3.8, 4) is 0 Å². The van der Waals surface area contributed by atoms with Gasteiger partial charge in [-0.2, -0.15) is 13.2 Å². The van der Waals surface area contributed by atoms with Gasteiger partial charge in [-0.05, 0) is 36.5 Å². The van der Waals surface area contributed by atoms with Crippen LogP contribution in [0.4, 0.5) is 22.0 Å². The van der Waals surface area contributed by atoms with E-state index in [2.05, 4.69) is 15.3 Å². The van der Waals surface area contributed by atoms with Gasteiger partial charge in [-0.1, -0.05) is 6.07 Å². The van der Waals surface area contributed by atoms with Crippen LogP contribution in [-0.4, -0.2) is 28.0 Å². The summed E-state index contributed by atoms with van der Waals surface area (Å²) >= 11 is 0. The molecule has 1 aliphatic carbocycles. The summed E-state index contributed by atoms with van der Waals surface area (Å²) in [5.41, 5.74) is 2.11. The highest BCUT2D eigenvalue weighted by molar-refractivity contribution is 5.77. The Labute approximate surface area is 158 Å². The SMILES string of the molecule is O=C(CCC(F)(F)F)NCc1ccc2nc(CC3CCCC(F)(F)C3)[nH]c2c1. The molecule has 3 rings (SSSR count). The number of nitrogens with one attached hydrogen (secondary N) is 2. The molecular weight excluding hydrogens is 381 g/mol. The van der Waals surface area contributed by atoms with Crippen LogP contribution in [0.1, 0.15) is 49.9 Å². The van der Waals surface area contributed by atoms with Crippen LogP contribution in [0.5, 0.6) is 0 Å². The maximum Gasteiger partial charge on any atom is 0.389 e. The average Bonchev–Trinajstić information content (AvgIpc) is 2.98. The Kier molecular flexibility index (Phi) is 5.90. The van der Waals surface area contributed by atoms with Gasteiger partial charge in [0.05, 0.1) is 17.5 Å². The van der Waals surface area contributed by atoms with Crippen molar-refractivity contribution in [2.45, 2.75) is 63.6 Å². The number of fused-ring (bicyclic) bond motifs is 1. The standard InChI is InChI=1S/C19H22F5N3O/c20-18(21)6-1-2-12(10-18)9-16-26-14-4-3-13(8-15(14)27-16)11-25-17(28)5-7-19(22,23)24/h3-4,8,12H,1-2,5-7,9-11H2,(H,25,28)(H,26,27). The third-order valence-electron chi connectivity index (χ3n) is 4.94. The van der Waals surface area contributed by atoms with Gasteiger partial charge in [0.1, 0.15) is 5.82 Å². The monoisotopic (exact) mass is 403 g/mol. The fraction of sp³-hybridized carbons (Fsp3) is 0.579. The van der Waals surface area contributed by atoms with Crippen LogP contribution in [0.25, 0.3) is 11.0 Å². The average molecular weight is 403 g/mol. The number of halogens is 5. The molecule has 2 aromatic rings. The van der Waals surface area contributed by atoms with E-state index >= 15 is 0 Å². The highest BCUT2D eigenvalue weighted by atomic mass is 19.4. The molecule has 1 unspecified atom stereocenters. The lowest BCUT2D eigenvalue weighted by molar-refractivity contribution is -0.144. The van der Waals surface area contributed by atoms with Crippen LogP contribution in [0, 0.1) is 5.92 Å². The number of rotatable bonds is 6. The number of hydrogen-bond acceptors (Lipinski definition) is 2. The van der Waals surface area contributed by atoms with Gasteiger partial charge in [-0.15, -0.1) is 0 Å².